The highest BCUT2D eigenvalue weighted by molar-refractivity contribution is 7.85. The minimum absolute atomic E-state index is 0.0274. The van der Waals surface area contributed by atoms with Crippen LogP contribution in [0, 0.1) is 5.41 Å². The number of ketones is 1. The van der Waals surface area contributed by atoms with Crippen molar-refractivity contribution >= 4 is 22.7 Å². The van der Waals surface area contributed by atoms with Crippen molar-refractivity contribution in [1.29, 1.82) is 0 Å². The highest BCUT2D eigenvalue weighted by atomic mass is 32.2. The van der Waals surface area contributed by atoms with Crippen LogP contribution in [0.4, 0.5) is 4.79 Å². The molecule has 1 aromatic carbocycles. The van der Waals surface area contributed by atoms with E-state index in [1.807, 2.05) is 65.0 Å². The summed E-state index contributed by atoms with van der Waals surface area (Å²) in [4.78, 5) is 23.9. The Balaban J connectivity index is 2.25. The fourth-order valence-electron chi connectivity index (χ4n) is 2.36. The van der Waals surface area contributed by atoms with Gasteiger partial charge >= 0.3 is 6.09 Å². The average molecular weight is 396 g/mol. The van der Waals surface area contributed by atoms with Crippen molar-refractivity contribution < 1.29 is 18.5 Å². The summed E-state index contributed by atoms with van der Waals surface area (Å²) in [6.07, 6.45) is 1.76. The van der Waals surface area contributed by atoms with E-state index in [4.69, 9.17) is 4.74 Å². The minimum atomic E-state index is -1.13. The molecule has 0 aliphatic heterocycles. The minimum Gasteiger partial charge on any atom is -0.444 e. The number of hydrogen-bond acceptors (Lipinski definition) is 4. The Morgan fingerprint density at radius 2 is 1.67 bits per heavy atom. The van der Waals surface area contributed by atoms with E-state index in [2.05, 4.69) is 5.32 Å². The summed E-state index contributed by atoms with van der Waals surface area (Å²) in [5.41, 5.74) is -0.0261. The molecule has 1 unspecified atom stereocenters. The van der Waals surface area contributed by atoms with Crippen LogP contribution in [-0.4, -0.2) is 33.2 Å². The molecule has 1 amide bonds. The average Bonchev–Trinajstić information content (AvgIpc) is 2.56. The van der Waals surface area contributed by atoms with Gasteiger partial charge in [0, 0.05) is 28.5 Å². The standard InChI is InChI=1S/C21H33NO4S/c1-20(2,3)18(23)16-27(25)14-10-9-13-21(4,5)26-19(24)22-15-17-11-7-6-8-12-17/h6-8,11-12H,9-10,13-16H2,1-5H3,(H,22,24). The second-order valence-corrected chi connectivity index (χ2v) is 9.98. The van der Waals surface area contributed by atoms with E-state index in [0.29, 0.717) is 18.7 Å². The molecule has 6 heteroatoms. The third kappa shape index (κ3) is 10.3. The Bertz CT molecular complexity index is 635. The van der Waals surface area contributed by atoms with E-state index in [0.717, 1.165) is 18.4 Å². The van der Waals surface area contributed by atoms with Crippen LogP contribution in [-0.2, 0) is 26.9 Å². The van der Waals surface area contributed by atoms with E-state index in [1.165, 1.54) is 0 Å². The number of benzene rings is 1. The van der Waals surface area contributed by atoms with E-state index in [1.54, 1.807) is 0 Å². The second kappa shape index (κ2) is 10.6. The number of carbonyl (C=O) groups is 2. The van der Waals surface area contributed by atoms with Crippen LogP contribution in [0.3, 0.4) is 0 Å². The molecule has 0 aromatic heterocycles. The molecule has 5 nitrogen and oxygen atoms in total. The van der Waals surface area contributed by atoms with E-state index < -0.39 is 27.9 Å². The van der Waals surface area contributed by atoms with Gasteiger partial charge in [-0.05, 0) is 38.7 Å². The molecule has 1 rings (SSSR count). The lowest BCUT2D eigenvalue weighted by Gasteiger charge is -2.25. The van der Waals surface area contributed by atoms with Gasteiger partial charge in [-0.25, -0.2) is 4.79 Å². The van der Waals surface area contributed by atoms with Gasteiger partial charge in [0.25, 0.3) is 0 Å². The van der Waals surface area contributed by atoms with Gasteiger partial charge in [-0.1, -0.05) is 51.1 Å². The van der Waals surface area contributed by atoms with Crippen LogP contribution in [0.5, 0.6) is 0 Å². The Kier molecular flexibility index (Phi) is 9.16. The third-order valence-corrected chi connectivity index (χ3v) is 5.51. The number of nitrogens with one attached hydrogen (secondary N) is 1. The van der Waals surface area contributed by atoms with Gasteiger partial charge in [-0.2, -0.15) is 0 Å². The van der Waals surface area contributed by atoms with Crippen molar-refractivity contribution in [3.05, 3.63) is 35.9 Å². The molecule has 0 fully saturated rings. The molecule has 1 atom stereocenters. The van der Waals surface area contributed by atoms with Crippen molar-refractivity contribution in [3.8, 4) is 0 Å². The SMILES string of the molecule is CC(C)(CCCCS(=O)CC(=O)C(C)(C)C)OC(=O)NCc1ccccc1. The Labute approximate surface area is 165 Å². The predicted molar refractivity (Wildman–Crippen MR) is 110 cm³/mol. The molecule has 1 aromatic rings. The summed E-state index contributed by atoms with van der Waals surface area (Å²) in [6.45, 7) is 9.70. The van der Waals surface area contributed by atoms with Crippen molar-refractivity contribution in [1.82, 2.24) is 5.32 Å². The number of carbonyl (C=O) groups excluding carboxylic acids is 2. The number of rotatable bonds is 10. The van der Waals surface area contributed by atoms with Crippen molar-refractivity contribution in [2.75, 3.05) is 11.5 Å². The van der Waals surface area contributed by atoms with Gasteiger partial charge in [0.2, 0.25) is 0 Å². The van der Waals surface area contributed by atoms with Crippen molar-refractivity contribution in [3.63, 3.8) is 0 Å². The lowest BCUT2D eigenvalue weighted by Crippen LogP contribution is -2.34. The molecular weight excluding hydrogens is 362 g/mol. The maximum Gasteiger partial charge on any atom is 0.407 e. The zero-order valence-electron chi connectivity index (χ0n) is 17.2. The number of amides is 1. The third-order valence-electron chi connectivity index (χ3n) is 4.18. The van der Waals surface area contributed by atoms with Crippen molar-refractivity contribution in [2.45, 2.75) is 66.0 Å². The van der Waals surface area contributed by atoms with Gasteiger partial charge in [0.1, 0.15) is 5.60 Å². The van der Waals surface area contributed by atoms with Gasteiger partial charge in [-0.15, -0.1) is 0 Å². The van der Waals surface area contributed by atoms with Crippen molar-refractivity contribution in [2.24, 2.45) is 5.41 Å². The fraction of sp³-hybridized carbons (Fsp3) is 0.619. The predicted octanol–water partition coefficient (Wildman–Crippen LogP) is 4.23. The molecule has 27 heavy (non-hydrogen) atoms. The van der Waals surface area contributed by atoms with Crippen LogP contribution in [0.25, 0.3) is 0 Å². The molecule has 0 saturated carbocycles. The van der Waals surface area contributed by atoms with Crippen LogP contribution in [0.1, 0.15) is 59.4 Å². The van der Waals surface area contributed by atoms with E-state index >= 15 is 0 Å². The molecule has 0 heterocycles. The first-order valence-corrected chi connectivity index (χ1v) is 10.9. The molecular formula is C21H33NO4S. The summed E-state index contributed by atoms with van der Waals surface area (Å²) < 4.78 is 17.5. The zero-order valence-corrected chi connectivity index (χ0v) is 18.0. The molecule has 0 saturated heterocycles. The monoisotopic (exact) mass is 395 g/mol. The van der Waals surface area contributed by atoms with Crippen LogP contribution >= 0.6 is 0 Å². The zero-order chi connectivity index (χ0) is 20.5. The molecule has 0 radical (unpaired) electrons. The lowest BCUT2D eigenvalue weighted by molar-refractivity contribution is -0.123. The molecule has 1 N–H and O–H groups in total. The molecule has 0 aliphatic carbocycles. The fourth-order valence-corrected chi connectivity index (χ4v) is 3.75. The maximum absolute atomic E-state index is 12.0. The topological polar surface area (TPSA) is 72.5 Å². The summed E-state index contributed by atoms with van der Waals surface area (Å²) in [5, 5.41) is 2.75. The Hall–Kier alpha value is -1.69. The molecule has 0 bridgehead atoms. The number of Topliss-reactive ketones (excluding diaryl/α,β-unsaturated/α-hetero) is 1. The maximum atomic E-state index is 12.0. The number of hydrogen-bond donors (Lipinski definition) is 1. The summed E-state index contributed by atoms with van der Waals surface area (Å²) in [7, 11) is -1.13. The lowest BCUT2D eigenvalue weighted by atomic mass is 9.92. The smallest absolute Gasteiger partial charge is 0.407 e. The first-order chi connectivity index (χ1) is 12.5. The molecule has 0 spiro atoms. The number of alkyl carbamates (subject to hydrolysis) is 1. The molecule has 0 aliphatic rings. The first-order valence-electron chi connectivity index (χ1n) is 9.39. The van der Waals surface area contributed by atoms with E-state index in [9.17, 15) is 13.8 Å². The van der Waals surface area contributed by atoms with Crippen LogP contribution < -0.4 is 5.32 Å². The second-order valence-electron chi connectivity index (χ2n) is 8.41. The van der Waals surface area contributed by atoms with E-state index in [-0.39, 0.29) is 11.5 Å². The van der Waals surface area contributed by atoms with Gasteiger partial charge in [0.05, 0.1) is 5.75 Å². The summed E-state index contributed by atoms with van der Waals surface area (Å²) in [6, 6.07) is 9.65. The number of ether oxygens (including phenoxy) is 1. The molecule has 152 valence electrons. The van der Waals surface area contributed by atoms with Crippen LogP contribution in [0.15, 0.2) is 30.3 Å². The first kappa shape index (κ1) is 23.3. The van der Waals surface area contributed by atoms with Gasteiger partial charge < -0.3 is 10.1 Å². The highest BCUT2D eigenvalue weighted by Crippen LogP contribution is 2.19. The largest absolute Gasteiger partial charge is 0.444 e. The normalized spacial score (nSPS) is 13.1. The van der Waals surface area contributed by atoms with Gasteiger partial charge in [0.15, 0.2) is 5.78 Å². The van der Waals surface area contributed by atoms with Gasteiger partial charge in [-0.3, -0.25) is 9.00 Å². The summed E-state index contributed by atoms with van der Waals surface area (Å²) in [5.74, 6) is 0.642. The quantitative estimate of drug-likeness (QED) is 0.602. The van der Waals surface area contributed by atoms with Crippen LogP contribution in [0.2, 0.25) is 0 Å². The summed E-state index contributed by atoms with van der Waals surface area (Å²) >= 11 is 0. The Morgan fingerprint density at radius 3 is 2.26 bits per heavy atom. The number of unbranched alkanes of at least 4 members (excludes halogenated alkanes) is 1. The highest BCUT2D eigenvalue weighted by Gasteiger charge is 2.24. The Morgan fingerprint density at radius 1 is 1.04 bits per heavy atom.